The van der Waals surface area contributed by atoms with Crippen molar-refractivity contribution in [2.75, 3.05) is 26.6 Å². The minimum absolute atomic E-state index is 0.0900. The molecule has 1 aliphatic heterocycles. The molecule has 0 unspecified atom stereocenters. The summed E-state index contributed by atoms with van der Waals surface area (Å²) in [5.41, 5.74) is 5.25. The first-order valence-corrected chi connectivity index (χ1v) is 14.1. The van der Waals surface area contributed by atoms with Gasteiger partial charge in [0, 0.05) is 23.3 Å². The van der Waals surface area contributed by atoms with Gasteiger partial charge in [0.1, 0.15) is 24.1 Å². The molecule has 0 spiro atoms. The van der Waals surface area contributed by atoms with E-state index in [-0.39, 0.29) is 23.5 Å². The summed E-state index contributed by atoms with van der Waals surface area (Å²) in [7, 11) is 3.12. The molecule has 1 N–H and O–H groups in total. The zero-order valence-electron chi connectivity index (χ0n) is 22.9. The normalized spacial score (nSPS) is 18.9. The number of nitrogens with one attached hydrogen (secondary N) is 1. The molecular formula is C31H32N2O6S. The number of hydrogen-bond donors (Lipinski definition) is 1. The number of rotatable bonds is 7. The maximum atomic E-state index is 13.7. The fraction of sp³-hybridized carbons (Fsp3) is 0.323. The highest BCUT2D eigenvalue weighted by molar-refractivity contribution is 8.13. The predicted molar refractivity (Wildman–Crippen MR) is 154 cm³/mol. The van der Waals surface area contributed by atoms with Crippen LogP contribution in [0.4, 0.5) is 4.79 Å². The van der Waals surface area contributed by atoms with E-state index in [2.05, 4.69) is 17.4 Å². The van der Waals surface area contributed by atoms with E-state index < -0.39 is 24.2 Å². The number of ether oxygens (including phenoxy) is 3. The zero-order valence-corrected chi connectivity index (χ0v) is 23.7. The lowest BCUT2D eigenvalue weighted by atomic mass is 9.98. The lowest BCUT2D eigenvalue weighted by Crippen LogP contribution is -2.55. The molecule has 0 aromatic heterocycles. The van der Waals surface area contributed by atoms with E-state index in [0.29, 0.717) is 17.3 Å². The number of amides is 2. The summed E-state index contributed by atoms with van der Waals surface area (Å²) in [5.74, 6) is 1.08. The van der Waals surface area contributed by atoms with Gasteiger partial charge in [-0.3, -0.25) is 9.59 Å². The first-order valence-electron chi connectivity index (χ1n) is 13.2. The van der Waals surface area contributed by atoms with E-state index in [1.807, 2.05) is 42.5 Å². The minimum Gasteiger partial charge on any atom is -0.497 e. The SMILES string of the molecule is COc1ccc([C@@H]2CSC(=O)[C@H](C)N2C(=O)[C@H](C)NC(=O)OCC2c3ccccc3-c3ccccc32)c(OC)c1. The Balaban J connectivity index is 1.29. The Morgan fingerprint density at radius 2 is 1.62 bits per heavy atom. The number of hydrogen-bond acceptors (Lipinski definition) is 7. The Labute approximate surface area is 238 Å². The second-order valence-electron chi connectivity index (χ2n) is 9.87. The Kier molecular flexibility index (Phi) is 8.02. The standard InChI is InChI=1S/C31H32N2O6S/c1-18(32-31(36)39-16-26-23-11-7-5-9-21(23)22-10-6-8-12-24(22)26)29(34)33-19(2)30(35)40-17-27(33)25-14-13-20(37-3)15-28(25)38-4/h5-15,18-19,26-27H,16-17H2,1-4H3,(H,32,36)/t18-,19-,27-/m0/s1. The molecule has 3 atom stereocenters. The smallest absolute Gasteiger partial charge is 0.407 e. The maximum Gasteiger partial charge on any atom is 0.407 e. The summed E-state index contributed by atoms with van der Waals surface area (Å²) < 4.78 is 16.5. The molecule has 9 heteroatoms. The van der Waals surface area contributed by atoms with Crippen molar-refractivity contribution in [3.63, 3.8) is 0 Å². The van der Waals surface area contributed by atoms with Crippen molar-refractivity contribution in [1.82, 2.24) is 10.2 Å². The van der Waals surface area contributed by atoms with Gasteiger partial charge in [-0.05, 0) is 48.2 Å². The minimum atomic E-state index is -0.916. The maximum absolute atomic E-state index is 13.7. The van der Waals surface area contributed by atoms with Crippen LogP contribution in [0.5, 0.6) is 11.5 Å². The number of nitrogens with zero attached hydrogens (tertiary/aromatic N) is 1. The van der Waals surface area contributed by atoms with E-state index in [0.717, 1.165) is 27.8 Å². The third-order valence-corrected chi connectivity index (χ3v) is 8.69. The molecule has 1 saturated heterocycles. The van der Waals surface area contributed by atoms with E-state index in [4.69, 9.17) is 14.2 Å². The van der Waals surface area contributed by atoms with Crippen LogP contribution in [0.2, 0.25) is 0 Å². The van der Waals surface area contributed by atoms with Crippen LogP contribution in [0.1, 0.15) is 42.5 Å². The molecule has 2 amide bonds. The van der Waals surface area contributed by atoms with E-state index in [9.17, 15) is 14.4 Å². The van der Waals surface area contributed by atoms with Crippen LogP contribution in [0.25, 0.3) is 11.1 Å². The van der Waals surface area contributed by atoms with Crippen molar-refractivity contribution in [2.45, 2.75) is 37.9 Å². The molecule has 40 heavy (non-hydrogen) atoms. The molecule has 1 heterocycles. The molecule has 1 aliphatic carbocycles. The van der Waals surface area contributed by atoms with Crippen LogP contribution >= 0.6 is 11.8 Å². The van der Waals surface area contributed by atoms with Crippen molar-refractivity contribution in [3.05, 3.63) is 83.4 Å². The van der Waals surface area contributed by atoms with Gasteiger partial charge in [-0.15, -0.1) is 0 Å². The van der Waals surface area contributed by atoms with Gasteiger partial charge >= 0.3 is 6.09 Å². The van der Waals surface area contributed by atoms with Gasteiger partial charge in [0.25, 0.3) is 0 Å². The van der Waals surface area contributed by atoms with Crippen molar-refractivity contribution in [2.24, 2.45) is 0 Å². The van der Waals surface area contributed by atoms with Gasteiger partial charge in [-0.1, -0.05) is 60.3 Å². The summed E-state index contributed by atoms with van der Waals surface area (Å²) in [6.45, 7) is 3.45. The third-order valence-electron chi connectivity index (χ3n) is 7.58. The average Bonchev–Trinajstić information content (AvgIpc) is 3.30. The number of alkyl carbamates (subject to hydrolysis) is 1. The van der Waals surface area contributed by atoms with Crippen molar-refractivity contribution >= 4 is 28.9 Å². The molecule has 2 aliphatic rings. The van der Waals surface area contributed by atoms with Crippen molar-refractivity contribution in [1.29, 1.82) is 0 Å². The molecule has 0 saturated carbocycles. The number of fused-ring (bicyclic) bond motifs is 3. The number of benzene rings is 3. The van der Waals surface area contributed by atoms with E-state index >= 15 is 0 Å². The highest BCUT2D eigenvalue weighted by Gasteiger charge is 2.41. The molecular weight excluding hydrogens is 528 g/mol. The number of carbonyl (C=O) groups is 3. The summed E-state index contributed by atoms with van der Waals surface area (Å²) in [5, 5.41) is 2.58. The topological polar surface area (TPSA) is 94.2 Å². The monoisotopic (exact) mass is 560 g/mol. The highest BCUT2D eigenvalue weighted by Crippen LogP contribution is 2.44. The second kappa shape index (κ2) is 11.6. The molecule has 8 nitrogen and oxygen atoms in total. The Morgan fingerprint density at radius 1 is 0.975 bits per heavy atom. The highest BCUT2D eigenvalue weighted by atomic mass is 32.2. The van der Waals surface area contributed by atoms with Crippen LogP contribution in [0.3, 0.4) is 0 Å². The summed E-state index contributed by atoms with van der Waals surface area (Å²) in [6.07, 6.45) is -0.688. The summed E-state index contributed by atoms with van der Waals surface area (Å²) in [6, 6.07) is 19.6. The van der Waals surface area contributed by atoms with Gasteiger partial charge in [0.2, 0.25) is 11.0 Å². The molecule has 5 rings (SSSR count). The fourth-order valence-corrected chi connectivity index (χ4v) is 6.54. The fourth-order valence-electron chi connectivity index (χ4n) is 5.53. The quantitative estimate of drug-likeness (QED) is 0.427. The average molecular weight is 561 g/mol. The Bertz CT molecular complexity index is 1400. The molecule has 3 aromatic rings. The van der Waals surface area contributed by atoms with E-state index in [1.54, 1.807) is 40.2 Å². The van der Waals surface area contributed by atoms with Crippen LogP contribution in [0.15, 0.2) is 66.7 Å². The third kappa shape index (κ3) is 5.13. The van der Waals surface area contributed by atoms with Gasteiger partial charge < -0.3 is 24.4 Å². The van der Waals surface area contributed by atoms with Gasteiger partial charge in [0.05, 0.1) is 26.3 Å². The number of thioether (sulfide) groups is 1. The van der Waals surface area contributed by atoms with Crippen LogP contribution in [-0.2, 0) is 14.3 Å². The number of carbonyl (C=O) groups excluding carboxylic acids is 3. The first kappa shape index (κ1) is 27.6. The largest absolute Gasteiger partial charge is 0.497 e. The van der Waals surface area contributed by atoms with Crippen LogP contribution in [0, 0.1) is 0 Å². The van der Waals surface area contributed by atoms with Gasteiger partial charge in [-0.2, -0.15) is 0 Å². The van der Waals surface area contributed by atoms with Gasteiger partial charge in [0.15, 0.2) is 0 Å². The molecule has 3 aromatic carbocycles. The molecule has 1 fully saturated rings. The molecule has 208 valence electrons. The van der Waals surface area contributed by atoms with Crippen molar-refractivity contribution in [3.8, 4) is 22.6 Å². The van der Waals surface area contributed by atoms with Crippen molar-refractivity contribution < 1.29 is 28.6 Å². The zero-order chi connectivity index (χ0) is 28.4. The van der Waals surface area contributed by atoms with Crippen LogP contribution < -0.4 is 14.8 Å². The molecule has 0 bridgehead atoms. The summed E-state index contributed by atoms with van der Waals surface area (Å²) >= 11 is 1.18. The molecule has 0 radical (unpaired) electrons. The Hall–Kier alpha value is -3.98. The first-order chi connectivity index (χ1) is 19.3. The predicted octanol–water partition coefficient (Wildman–Crippen LogP) is 5.16. The summed E-state index contributed by atoms with van der Waals surface area (Å²) in [4.78, 5) is 40.8. The van der Waals surface area contributed by atoms with E-state index in [1.165, 1.54) is 16.7 Å². The van der Waals surface area contributed by atoms with Gasteiger partial charge in [-0.25, -0.2) is 4.79 Å². The van der Waals surface area contributed by atoms with Crippen LogP contribution in [-0.4, -0.2) is 60.7 Å². The lowest BCUT2D eigenvalue weighted by Gasteiger charge is -2.41. The lowest BCUT2D eigenvalue weighted by molar-refractivity contribution is -0.141. The number of methoxy groups -OCH3 is 2. The Morgan fingerprint density at radius 3 is 2.25 bits per heavy atom. The second-order valence-corrected chi connectivity index (χ2v) is 10.9.